The molecular weight excluding hydrogens is 346 g/mol. The molecular formula is C11H6BrClF3N3. The quantitative estimate of drug-likeness (QED) is 0.799. The van der Waals surface area contributed by atoms with Gasteiger partial charge in [0.05, 0.1) is 11.3 Å². The molecule has 0 aliphatic carbocycles. The molecule has 0 aliphatic heterocycles. The predicted octanol–water partition coefficient (Wildman–Crippen LogP) is 4.65. The molecule has 0 fully saturated rings. The molecule has 19 heavy (non-hydrogen) atoms. The van der Waals surface area contributed by atoms with E-state index in [1.807, 2.05) is 0 Å². The largest absolute Gasteiger partial charge is 0.416 e. The third-order valence-electron chi connectivity index (χ3n) is 2.18. The van der Waals surface area contributed by atoms with Gasteiger partial charge in [-0.15, -0.1) is 0 Å². The fraction of sp³-hybridized carbons (Fsp3) is 0.0909. The van der Waals surface area contributed by atoms with Crippen LogP contribution in [0.2, 0.25) is 5.28 Å². The zero-order chi connectivity index (χ0) is 14.0. The van der Waals surface area contributed by atoms with Crippen molar-refractivity contribution < 1.29 is 13.2 Å². The summed E-state index contributed by atoms with van der Waals surface area (Å²) in [7, 11) is 0. The number of benzene rings is 1. The summed E-state index contributed by atoms with van der Waals surface area (Å²) in [5.41, 5.74) is -0.511. The number of aromatic nitrogens is 2. The van der Waals surface area contributed by atoms with Crippen LogP contribution in [0.25, 0.3) is 0 Å². The molecule has 0 spiro atoms. The molecule has 1 N–H and O–H groups in total. The third-order valence-corrected chi connectivity index (χ3v) is 3.06. The molecule has 0 atom stereocenters. The molecule has 0 saturated carbocycles. The van der Waals surface area contributed by atoms with Crippen molar-refractivity contribution in [2.45, 2.75) is 6.18 Å². The van der Waals surface area contributed by atoms with E-state index in [1.165, 1.54) is 18.3 Å². The average molecular weight is 353 g/mol. The summed E-state index contributed by atoms with van der Waals surface area (Å²) in [6.45, 7) is 0. The normalized spacial score (nSPS) is 11.4. The van der Waals surface area contributed by atoms with Gasteiger partial charge < -0.3 is 5.32 Å². The number of nitrogens with one attached hydrogen (secondary N) is 1. The Balaban J connectivity index is 2.34. The maximum Gasteiger partial charge on any atom is 0.416 e. The number of nitrogens with zero attached hydrogens (tertiary/aromatic N) is 2. The summed E-state index contributed by atoms with van der Waals surface area (Å²) in [4.78, 5) is 7.53. The Hall–Kier alpha value is -1.34. The van der Waals surface area contributed by atoms with Gasteiger partial charge in [-0.3, -0.25) is 0 Å². The smallest absolute Gasteiger partial charge is 0.339 e. The zero-order valence-corrected chi connectivity index (χ0v) is 11.5. The summed E-state index contributed by atoms with van der Waals surface area (Å²) >= 11 is 8.77. The summed E-state index contributed by atoms with van der Waals surface area (Å²) < 4.78 is 38.3. The van der Waals surface area contributed by atoms with Gasteiger partial charge in [-0.25, -0.2) is 9.97 Å². The number of hydrogen-bond acceptors (Lipinski definition) is 3. The minimum atomic E-state index is -4.40. The van der Waals surface area contributed by atoms with Gasteiger partial charge in [-0.2, -0.15) is 13.2 Å². The van der Waals surface area contributed by atoms with Crippen LogP contribution in [0, 0.1) is 0 Å². The molecule has 0 bridgehead atoms. The van der Waals surface area contributed by atoms with E-state index in [9.17, 15) is 13.2 Å². The molecule has 8 heteroatoms. The molecule has 0 unspecified atom stereocenters. The van der Waals surface area contributed by atoms with E-state index in [4.69, 9.17) is 11.6 Å². The lowest BCUT2D eigenvalue weighted by Gasteiger charge is -2.12. The van der Waals surface area contributed by atoms with Crippen LogP contribution in [0.15, 0.2) is 34.9 Å². The second kappa shape index (κ2) is 5.34. The Labute approximate surface area is 120 Å². The van der Waals surface area contributed by atoms with Gasteiger partial charge in [0, 0.05) is 10.7 Å². The van der Waals surface area contributed by atoms with Crippen molar-refractivity contribution in [1.29, 1.82) is 0 Å². The van der Waals surface area contributed by atoms with Gasteiger partial charge in [0.2, 0.25) is 5.28 Å². The molecule has 100 valence electrons. The standard InChI is InChI=1S/C11H6BrClF3N3/c12-7-2-1-6(11(14,15)16)5-8(7)18-9-3-4-17-10(13)19-9/h1-5H,(H,17,18,19). The first-order valence-corrected chi connectivity index (χ1v) is 6.15. The highest BCUT2D eigenvalue weighted by Gasteiger charge is 2.30. The van der Waals surface area contributed by atoms with Crippen molar-refractivity contribution in [1.82, 2.24) is 9.97 Å². The summed E-state index contributed by atoms with van der Waals surface area (Å²) in [5.74, 6) is 0.306. The first-order chi connectivity index (χ1) is 8.86. The topological polar surface area (TPSA) is 37.8 Å². The van der Waals surface area contributed by atoms with Crippen molar-refractivity contribution in [3.63, 3.8) is 0 Å². The second-order valence-electron chi connectivity index (χ2n) is 3.53. The van der Waals surface area contributed by atoms with E-state index in [2.05, 4.69) is 31.2 Å². The van der Waals surface area contributed by atoms with Crippen molar-refractivity contribution in [2.24, 2.45) is 0 Å². The van der Waals surface area contributed by atoms with Crippen molar-refractivity contribution in [2.75, 3.05) is 5.32 Å². The highest BCUT2D eigenvalue weighted by molar-refractivity contribution is 9.10. The highest BCUT2D eigenvalue weighted by Crippen LogP contribution is 2.34. The third kappa shape index (κ3) is 3.57. The molecule has 3 nitrogen and oxygen atoms in total. The maximum absolute atomic E-state index is 12.6. The molecule has 0 amide bonds. The fourth-order valence-electron chi connectivity index (χ4n) is 1.34. The maximum atomic E-state index is 12.6. The second-order valence-corrected chi connectivity index (χ2v) is 4.72. The lowest BCUT2D eigenvalue weighted by Crippen LogP contribution is -2.06. The zero-order valence-electron chi connectivity index (χ0n) is 9.17. The Kier molecular flexibility index (Phi) is 3.96. The molecule has 0 aliphatic rings. The van der Waals surface area contributed by atoms with Crippen molar-refractivity contribution in [3.8, 4) is 0 Å². The predicted molar refractivity (Wildman–Crippen MR) is 69.5 cm³/mol. The highest BCUT2D eigenvalue weighted by atomic mass is 79.9. The fourth-order valence-corrected chi connectivity index (χ4v) is 1.83. The summed E-state index contributed by atoms with van der Waals surface area (Å²) in [6, 6.07) is 4.79. The first-order valence-electron chi connectivity index (χ1n) is 4.98. The van der Waals surface area contributed by atoms with Crippen LogP contribution in [-0.2, 0) is 6.18 Å². The van der Waals surface area contributed by atoms with E-state index < -0.39 is 11.7 Å². The lowest BCUT2D eigenvalue weighted by molar-refractivity contribution is -0.137. The summed E-state index contributed by atoms with van der Waals surface area (Å²) in [5, 5.41) is 2.75. The molecule has 1 aromatic heterocycles. The Morgan fingerprint density at radius 3 is 2.58 bits per heavy atom. The number of hydrogen-bond donors (Lipinski definition) is 1. The molecule has 2 aromatic rings. The summed E-state index contributed by atoms with van der Waals surface area (Å²) in [6.07, 6.45) is -3.00. The van der Waals surface area contributed by atoms with Gasteiger partial charge >= 0.3 is 6.18 Å². The molecule has 0 saturated heterocycles. The van der Waals surface area contributed by atoms with E-state index in [1.54, 1.807) is 0 Å². The van der Waals surface area contributed by atoms with Gasteiger partial charge in [-0.05, 0) is 51.8 Å². The van der Waals surface area contributed by atoms with Crippen LogP contribution >= 0.6 is 27.5 Å². The lowest BCUT2D eigenvalue weighted by atomic mass is 10.2. The minimum Gasteiger partial charge on any atom is -0.339 e. The Bertz CT molecular complexity index is 604. The van der Waals surface area contributed by atoms with Gasteiger partial charge in [0.1, 0.15) is 5.82 Å². The van der Waals surface area contributed by atoms with Crippen LogP contribution in [0.3, 0.4) is 0 Å². The van der Waals surface area contributed by atoms with Crippen LogP contribution in [-0.4, -0.2) is 9.97 Å². The SMILES string of the molecule is FC(F)(F)c1ccc(Br)c(Nc2ccnc(Cl)n2)c1. The molecule has 2 rings (SSSR count). The first kappa shape index (κ1) is 14.1. The van der Waals surface area contributed by atoms with Crippen molar-refractivity contribution in [3.05, 3.63) is 45.8 Å². The van der Waals surface area contributed by atoms with E-state index in [-0.39, 0.29) is 11.0 Å². The number of rotatable bonds is 2. The van der Waals surface area contributed by atoms with Gasteiger partial charge in [-0.1, -0.05) is 0 Å². The van der Waals surface area contributed by atoms with Crippen LogP contribution < -0.4 is 5.32 Å². The molecule has 1 heterocycles. The van der Waals surface area contributed by atoms with Crippen LogP contribution in [0.1, 0.15) is 5.56 Å². The average Bonchev–Trinajstić information content (AvgIpc) is 2.30. The van der Waals surface area contributed by atoms with Crippen LogP contribution in [0.4, 0.5) is 24.7 Å². The van der Waals surface area contributed by atoms with Gasteiger partial charge in [0.15, 0.2) is 0 Å². The molecule has 1 aromatic carbocycles. The number of anilines is 2. The minimum absolute atomic E-state index is 0.00750. The Morgan fingerprint density at radius 1 is 1.21 bits per heavy atom. The van der Waals surface area contributed by atoms with E-state index in [0.717, 1.165) is 12.1 Å². The number of alkyl halides is 3. The monoisotopic (exact) mass is 351 g/mol. The van der Waals surface area contributed by atoms with E-state index >= 15 is 0 Å². The van der Waals surface area contributed by atoms with Crippen molar-refractivity contribution >= 4 is 39.0 Å². The van der Waals surface area contributed by atoms with Gasteiger partial charge in [0.25, 0.3) is 0 Å². The number of halogens is 5. The Morgan fingerprint density at radius 2 is 1.95 bits per heavy atom. The molecule has 0 radical (unpaired) electrons. The van der Waals surface area contributed by atoms with E-state index in [0.29, 0.717) is 10.3 Å². The van der Waals surface area contributed by atoms with Crippen LogP contribution in [0.5, 0.6) is 0 Å².